The Morgan fingerprint density at radius 3 is 2.81 bits per heavy atom. The van der Waals surface area contributed by atoms with Gasteiger partial charge in [-0.25, -0.2) is 4.98 Å². The van der Waals surface area contributed by atoms with Gasteiger partial charge in [-0.1, -0.05) is 31.7 Å². The highest BCUT2D eigenvalue weighted by Gasteiger charge is 2.38. The summed E-state index contributed by atoms with van der Waals surface area (Å²) in [7, 11) is 0. The standard InChI is InChI=1S/C22H24N4O5S/c1-11(2)8-9-32-22-24-20-19(21(29)25-22)17(18-13(23-20)4-3-5-16(18)28)12-6-7-15(27)14(10-12)26(30)31/h6-7,10-11,17,27H,3-5,8-9H2,1-2H3,(H2,23,24,25,29). The highest BCUT2D eigenvalue weighted by Crippen LogP contribution is 2.44. The molecule has 1 aliphatic heterocycles. The van der Waals surface area contributed by atoms with Crippen LogP contribution in [0.2, 0.25) is 0 Å². The van der Waals surface area contributed by atoms with E-state index >= 15 is 0 Å². The molecule has 2 aliphatic rings. The first-order chi connectivity index (χ1) is 15.3. The smallest absolute Gasteiger partial charge is 0.310 e. The van der Waals surface area contributed by atoms with Crippen LogP contribution in [0.25, 0.3) is 0 Å². The molecule has 9 nitrogen and oxygen atoms in total. The maximum atomic E-state index is 13.2. The van der Waals surface area contributed by atoms with Gasteiger partial charge in [-0.2, -0.15) is 0 Å². The van der Waals surface area contributed by atoms with Gasteiger partial charge in [-0.15, -0.1) is 0 Å². The molecular formula is C22H24N4O5S. The number of nitrogens with one attached hydrogen (secondary N) is 2. The molecule has 1 unspecified atom stereocenters. The molecule has 1 aromatic carbocycles. The number of nitro groups is 1. The normalized spacial score (nSPS) is 17.7. The van der Waals surface area contributed by atoms with Crippen molar-refractivity contribution in [3.8, 4) is 5.75 Å². The maximum Gasteiger partial charge on any atom is 0.310 e. The summed E-state index contributed by atoms with van der Waals surface area (Å²) in [5, 5.41) is 24.9. The molecule has 0 saturated carbocycles. The highest BCUT2D eigenvalue weighted by molar-refractivity contribution is 7.99. The summed E-state index contributed by atoms with van der Waals surface area (Å²) >= 11 is 1.46. The summed E-state index contributed by atoms with van der Waals surface area (Å²) in [5.41, 5.74) is 0.931. The fourth-order valence-electron chi connectivity index (χ4n) is 4.10. The van der Waals surface area contributed by atoms with E-state index in [1.165, 1.54) is 30.0 Å². The molecule has 1 aromatic heterocycles. The molecule has 10 heteroatoms. The number of aromatic amines is 1. The molecule has 32 heavy (non-hydrogen) atoms. The van der Waals surface area contributed by atoms with Gasteiger partial charge in [0.15, 0.2) is 16.7 Å². The first kappa shape index (κ1) is 22.1. The summed E-state index contributed by atoms with van der Waals surface area (Å²) < 4.78 is 0. The molecule has 2 aromatic rings. The van der Waals surface area contributed by atoms with Crippen LogP contribution in [0.5, 0.6) is 5.75 Å². The molecule has 0 spiro atoms. The zero-order valence-electron chi connectivity index (χ0n) is 17.8. The van der Waals surface area contributed by atoms with Crippen LogP contribution in [-0.2, 0) is 4.79 Å². The number of H-pyrrole nitrogens is 1. The van der Waals surface area contributed by atoms with E-state index in [2.05, 4.69) is 29.1 Å². The number of phenols is 1. The molecule has 0 radical (unpaired) electrons. The van der Waals surface area contributed by atoms with E-state index in [1.807, 2.05) is 0 Å². The number of allylic oxidation sites excluding steroid dienone is 2. The van der Waals surface area contributed by atoms with Crippen LogP contribution >= 0.6 is 11.8 Å². The largest absolute Gasteiger partial charge is 0.502 e. The Balaban J connectivity index is 1.84. The number of fused-ring (bicyclic) bond motifs is 1. The van der Waals surface area contributed by atoms with Gasteiger partial charge in [-0.3, -0.25) is 19.7 Å². The fraction of sp³-hybridized carbons (Fsp3) is 0.409. The van der Waals surface area contributed by atoms with Crippen LogP contribution in [0.15, 0.2) is 39.4 Å². The van der Waals surface area contributed by atoms with Gasteiger partial charge in [0.1, 0.15) is 5.82 Å². The number of carbonyl (C=O) groups is 1. The minimum Gasteiger partial charge on any atom is -0.502 e. The number of ketones is 1. The average Bonchev–Trinajstić information content (AvgIpc) is 2.72. The Bertz CT molecular complexity index is 1190. The lowest BCUT2D eigenvalue weighted by Crippen LogP contribution is -2.32. The van der Waals surface area contributed by atoms with Gasteiger partial charge >= 0.3 is 5.69 Å². The van der Waals surface area contributed by atoms with E-state index in [4.69, 9.17) is 0 Å². The Labute approximate surface area is 188 Å². The van der Waals surface area contributed by atoms with Crippen LogP contribution in [0, 0.1) is 16.0 Å². The second-order valence-electron chi connectivity index (χ2n) is 8.40. The van der Waals surface area contributed by atoms with E-state index in [1.54, 1.807) is 0 Å². The van der Waals surface area contributed by atoms with E-state index in [0.29, 0.717) is 53.0 Å². The lowest BCUT2D eigenvalue weighted by Gasteiger charge is -2.32. The van der Waals surface area contributed by atoms with E-state index in [9.17, 15) is 24.8 Å². The van der Waals surface area contributed by atoms with Gasteiger partial charge in [0, 0.05) is 35.4 Å². The van der Waals surface area contributed by atoms with Crippen molar-refractivity contribution in [1.29, 1.82) is 0 Å². The molecule has 2 heterocycles. The monoisotopic (exact) mass is 456 g/mol. The summed E-state index contributed by atoms with van der Waals surface area (Å²) in [6, 6.07) is 3.96. The fourth-order valence-corrected chi connectivity index (χ4v) is 5.20. The third-order valence-corrected chi connectivity index (χ3v) is 6.61. The number of carbonyl (C=O) groups excluding carboxylic acids is 1. The molecule has 0 bridgehead atoms. The Hall–Kier alpha value is -3.14. The van der Waals surface area contributed by atoms with Crippen LogP contribution in [0.1, 0.15) is 56.6 Å². The lowest BCUT2D eigenvalue weighted by molar-refractivity contribution is -0.385. The maximum absolute atomic E-state index is 13.2. The van der Waals surface area contributed by atoms with Crippen molar-refractivity contribution in [2.45, 2.75) is 50.6 Å². The quantitative estimate of drug-likeness (QED) is 0.256. The number of aromatic hydroxyl groups is 1. The minimum atomic E-state index is -0.792. The number of hydrogen-bond donors (Lipinski definition) is 3. The lowest BCUT2D eigenvalue weighted by atomic mass is 9.76. The highest BCUT2D eigenvalue weighted by atomic mass is 32.2. The molecule has 168 valence electrons. The number of phenolic OH excluding ortho intramolecular Hbond substituents is 1. The summed E-state index contributed by atoms with van der Waals surface area (Å²) in [6.45, 7) is 4.25. The molecule has 1 atom stereocenters. The second-order valence-corrected chi connectivity index (χ2v) is 9.48. The van der Waals surface area contributed by atoms with Crippen molar-refractivity contribution in [2.75, 3.05) is 11.1 Å². The Kier molecular flexibility index (Phi) is 6.05. The molecule has 4 rings (SSSR count). The van der Waals surface area contributed by atoms with Gasteiger partial charge in [0.25, 0.3) is 5.56 Å². The van der Waals surface area contributed by atoms with Crippen molar-refractivity contribution in [2.24, 2.45) is 5.92 Å². The summed E-state index contributed by atoms with van der Waals surface area (Å²) in [6.07, 6.45) is 2.63. The van der Waals surface area contributed by atoms with Crippen LogP contribution in [0.4, 0.5) is 11.5 Å². The molecule has 3 N–H and O–H groups in total. The number of Topliss-reactive ketones (excluding diaryl/α,β-unsaturated/α-hetero) is 1. The zero-order valence-corrected chi connectivity index (χ0v) is 18.6. The van der Waals surface area contributed by atoms with Crippen LogP contribution in [0.3, 0.4) is 0 Å². The number of nitrogens with zero attached hydrogens (tertiary/aromatic N) is 2. The predicted molar refractivity (Wildman–Crippen MR) is 121 cm³/mol. The predicted octanol–water partition coefficient (Wildman–Crippen LogP) is 4.09. The minimum absolute atomic E-state index is 0.0973. The average molecular weight is 457 g/mol. The van der Waals surface area contributed by atoms with Gasteiger partial charge in [0.05, 0.1) is 10.5 Å². The number of anilines is 1. The first-order valence-electron chi connectivity index (χ1n) is 10.5. The zero-order chi connectivity index (χ0) is 23.0. The molecule has 0 saturated heterocycles. The number of rotatable bonds is 6. The van der Waals surface area contributed by atoms with Crippen molar-refractivity contribution in [1.82, 2.24) is 9.97 Å². The van der Waals surface area contributed by atoms with Gasteiger partial charge in [-0.05, 0) is 36.8 Å². The van der Waals surface area contributed by atoms with Crippen LogP contribution in [-0.4, -0.2) is 31.5 Å². The van der Waals surface area contributed by atoms with Gasteiger partial charge in [0.2, 0.25) is 0 Å². The van der Waals surface area contributed by atoms with Crippen molar-refractivity contribution in [3.05, 3.63) is 61.1 Å². The van der Waals surface area contributed by atoms with E-state index in [0.717, 1.165) is 12.2 Å². The summed E-state index contributed by atoms with van der Waals surface area (Å²) in [5.74, 6) is 0.343. The third-order valence-electron chi connectivity index (χ3n) is 5.70. The topological polar surface area (TPSA) is 138 Å². The van der Waals surface area contributed by atoms with Crippen molar-refractivity contribution >= 4 is 29.1 Å². The SMILES string of the molecule is CC(C)CCSc1nc2c(c(=O)[nH]1)C(c1ccc(O)c([N+](=O)[O-])c1)C1=C(CCCC1=O)N2. The molecule has 0 fully saturated rings. The Morgan fingerprint density at radius 2 is 2.09 bits per heavy atom. The molecular weight excluding hydrogens is 432 g/mol. The van der Waals surface area contributed by atoms with E-state index < -0.39 is 22.3 Å². The number of thioether (sulfide) groups is 1. The second kappa shape index (κ2) is 8.78. The molecule has 0 amide bonds. The number of nitro benzene ring substituents is 1. The number of benzene rings is 1. The van der Waals surface area contributed by atoms with Crippen LogP contribution < -0.4 is 10.9 Å². The van der Waals surface area contributed by atoms with Crippen molar-refractivity contribution in [3.63, 3.8) is 0 Å². The summed E-state index contributed by atoms with van der Waals surface area (Å²) in [4.78, 5) is 44.1. The molecule has 1 aliphatic carbocycles. The Morgan fingerprint density at radius 1 is 1.31 bits per heavy atom. The van der Waals surface area contributed by atoms with E-state index in [-0.39, 0.29) is 16.9 Å². The number of aromatic nitrogens is 2. The van der Waals surface area contributed by atoms with Gasteiger partial charge < -0.3 is 15.4 Å². The third kappa shape index (κ3) is 4.14. The van der Waals surface area contributed by atoms with Crippen molar-refractivity contribution < 1.29 is 14.8 Å². The number of hydrogen-bond acceptors (Lipinski definition) is 8. The first-order valence-corrected chi connectivity index (χ1v) is 11.5.